The number of hydrogen-bond acceptors (Lipinski definition) is 5. The number of aromatic nitrogens is 2. The predicted octanol–water partition coefficient (Wildman–Crippen LogP) is 3.20. The van der Waals surface area contributed by atoms with Gasteiger partial charge in [-0.25, -0.2) is 18.3 Å². The van der Waals surface area contributed by atoms with Gasteiger partial charge in [-0.3, -0.25) is 4.79 Å². The Bertz CT molecular complexity index is 1150. The van der Waals surface area contributed by atoms with Gasteiger partial charge in [0, 0.05) is 35.4 Å². The number of methoxy groups -OCH3 is 2. The lowest BCUT2D eigenvalue weighted by molar-refractivity contribution is 0.0686. The molecule has 9 heteroatoms. The summed E-state index contributed by atoms with van der Waals surface area (Å²) in [6.07, 6.45) is 0. The first-order valence-corrected chi connectivity index (χ1v) is 8.33. The fourth-order valence-corrected chi connectivity index (χ4v) is 2.88. The van der Waals surface area contributed by atoms with Crippen molar-refractivity contribution in [3.63, 3.8) is 0 Å². The van der Waals surface area contributed by atoms with E-state index in [-0.39, 0.29) is 22.5 Å². The molecule has 0 radical (unpaired) electrons. The Morgan fingerprint density at radius 1 is 1.07 bits per heavy atom. The number of ether oxygens (including phenoxy) is 2. The Labute approximate surface area is 163 Å². The van der Waals surface area contributed by atoms with Gasteiger partial charge in [0.15, 0.2) is 0 Å². The number of nitrogens with zero attached hydrogens (tertiary/aromatic N) is 2. The summed E-state index contributed by atoms with van der Waals surface area (Å²) < 4.78 is 39.5. The summed E-state index contributed by atoms with van der Waals surface area (Å²) in [6, 6.07) is 7.45. The molecule has 0 aliphatic rings. The van der Waals surface area contributed by atoms with Gasteiger partial charge < -0.3 is 14.6 Å². The second-order valence-corrected chi connectivity index (χ2v) is 6.06. The Hall–Kier alpha value is -3.75. The summed E-state index contributed by atoms with van der Waals surface area (Å²) in [5.74, 6) is -2.54. The molecule has 0 saturated carbocycles. The molecule has 1 heterocycles. The van der Waals surface area contributed by atoms with E-state index < -0.39 is 28.7 Å². The average molecular weight is 402 g/mol. The minimum Gasteiger partial charge on any atom is -0.497 e. The smallest absolute Gasteiger partial charge is 0.360 e. The summed E-state index contributed by atoms with van der Waals surface area (Å²) in [5.41, 5.74) is -1.56. The van der Waals surface area contributed by atoms with Crippen LogP contribution in [-0.2, 0) is 0 Å². The molecular formula is C20H16F2N2O5. The number of carbonyl (C=O) groups is 1. The highest BCUT2D eigenvalue weighted by atomic mass is 19.1. The molecule has 0 spiro atoms. The van der Waals surface area contributed by atoms with E-state index >= 15 is 0 Å². The molecule has 3 aromatic rings. The Kier molecular flexibility index (Phi) is 5.31. The molecule has 150 valence electrons. The fraction of sp³-hybridized carbons (Fsp3) is 0.150. The highest BCUT2D eigenvalue weighted by Gasteiger charge is 2.23. The van der Waals surface area contributed by atoms with Crippen LogP contribution in [0.25, 0.3) is 16.9 Å². The normalized spacial score (nSPS) is 10.7. The van der Waals surface area contributed by atoms with Crippen molar-refractivity contribution in [1.29, 1.82) is 0 Å². The second-order valence-electron chi connectivity index (χ2n) is 6.06. The minimum atomic E-state index is -1.53. The molecular weight excluding hydrogens is 386 g/mol. The van der Waals surface area contributed by atoms with Crippen molar-refractivity contribution in [2.75, 3.05) is 14.2 Å². The highest BCUT2D eigenvalue weighted by Crippen LogP contribution is 2.31. The monoisotopic (exact) mass is 402 g/mol. The summed E-state index contributed by atoms with van der Waals surface area (Å²) >= 11 is 0. The van der Waals surface area contributed by atoms with Crippen LogP contribution in [-0.4, -0.2) is 35.1 Å². The van der Waals surface area contributed by atoms with Crippen molar-refractivity contribution in [2.45, 2.75) is 6.92 Å². The van der Waals surface area contributed by atoms with E-state index in [1.165, 1.54) is 33.3 Å². The van der Waals surface area contributed by atoms with E-state index in [0.29, 0.717) is 17.6 Å². The molecule has 0 unspecified atom stereocenters. The third-order valence-corrected chi connectivity index (χ3v) is 4.29. The van der Waals surface area contributed by atoms with Gasteiger partial charge in [-0.15, -0.1) is 0 Å². The molecule has 7 nitrogen and oxygen atoms in total. The first-order valence-electron chi connectivity index (χ1n) is 8.33. The lowest BCUT2D eigenvalue weighted by Gasteiger charge is -2.18. The topological polar surface area (TPSA) is 90.7 Å². The largest absolute Gasteiger partial charge is 0.497 e. The van der Waals surface area contributed by atoms with Crippen LogP contribution in [0.15, 0.2) is 41.2 Å². The predicted molar refractivity (Wildman–Crippen MR) is 100.0 cm³/mol. The molecule has 3 rings (SSSR count). The quantitative estimate of drug-likeness (QED) is 0.705. The van der Waals surface area contributed by atoms with Gasteiger partial charge in [0.25, 0.3) is 0 Å². The number of halogens is 2. The van der Waals surface area contributed by atoms with Crippen LogP contribution < -0.4 is 14.9 Å². The molecule has 1 N–H and O–H groups in total. The van der Waals surface area contributed by atoms with Crippen LogP contribution in [0.4, 0.5) is 8.78 Å². The third-order valence-electron chi connectivity index (χ3n) is 4.29. The van der Waals surface area contributed by atoms with Gasteiger partial charge >= 0.3 is 5.97 Å². The number of hydrogen-bond donors (Lipinski definition) is 1. The van der Waals surface area contributed by atoms with E-state index in [2.05, 4.69) is 5.10 Å². The van der Waals surface area contributed by atoms with Crippen LogP contribution in [0.1, 0.15) is 16.1 Å². The summed E-state index contributed by atoms with van der Waals surface area (Å²) in [5, 5.41) is 13.3. The van der Waals surface area contributed by atoms with Gasteiger partial charge in [-0.1, -0.05) is 0 Å². The molecule has 0 fully saturated rings. The molecule has 0 saturated heterocycles. The van der Waals surface area contributed by atoms with E-state index in [4.69, 9.17) is 9.47 Å². The number of carboxylic acids is 1. The number of benzene rings is 2. The maximum absolute atomic E-state index is 14.5. The van der Waals surface area contributed by atoms with Crippen LogP contribution in [0, 0.1) is 18.6 Å². The Balaban J connectivity index is 2.45. The second kappa shape index (κ2) is 7.70. The fourth-order valence-electron chi connectivity index (χ4n) is 2.88. The van der Waals surface area contributed by atoms with Gasteiger partial charge in [0.05, 0.1) is 25.6 Å². The van der Waals surface area contributed by atoms with E-state index in [1.807, 2.05) is 0 Å². The van der Waals surface area contributed by atoms with Gasteiger partial charge in [0.2, 0.25) is 11.1 Å². The SMILES string of the molecule is COc1cc(OC)cc(-n2nc(C(=O)O)c(=O)c(C)c2-c2ccc(F)cc2F)c1. The number of rotatable bonds is 5. The minimum absolute atomic E-state index is 0.0205. The van der Waals surface area contributed by atoms with Crippen molar-refractivity contribution in [2.24, 2.45) is 0 Å². The van der Waals surface area contributed by atoms with E-state index in [0.717, 1.165) is 16.8 Å². The van der Waals surface area contributed by atoms with Crippen molar-refractivity contribution in [3.05, 3.63) is 69.5 Å². The molecule has 0 aliphatic carbocycles. The molecule has 0 amide bonds. The lowest BCUT2D eigenvalue weighted by Crippen LogP contribution is -2.26. The van der Waals surface area contributed by atoms with Crippen LogP contribution >= 0.6 is 0 Å². The summed E-state index contributed by atoms with van der Waals surface area (Å²) in [4.78, 5) is 24.0. The molecule has 29 heavy (non-hydrogen) atoms. The van der Waals surface area contributed by atoms with Gasteiger partial charge in [-0.2, -0.15) is 5.10 Å². The Morgan fingerprint density at radius 3 is 2.21 bits per heavy atom. The third kappa shape index (κ3) is 3.66. The van der Waals surface area contributed by atoms with Crippen LogP contribution in [0.5, 0.6) is 11.5 Å². The molecule has 2 aromatic carbocycles. The standard InChI is InChI=1S/C20H16F2N2O5/c1-10-18(15-5-4-11(21)6-16(15)22)24(23-17(19(10)25)20(26)27)12-7-13(28-2)9-14(8-12)29-3/h4-9H,1-3H3,(H,26,27). The summed E-state index contributed by atoms with van der Waals surface area (Å²) in [7, 11) is 2.84. The highest BCUT2D eigenvalue weighted by molar-refractivity contribution is 5.86. The van der Waals surface area contributed by atoms with Gasteiger partial charge in [-0.05, 0) is 19.1 Å². The zero-order valence-electron chi connectivity index (χ0n) is 15.7. The molecule has 0 bridgehead atoms. The van der Waals surface area contributed by atoms with E-state index in [9.17, 15) is 23.5 Å². The zero-order chi connectivity index (χ0) is 21.3. The van der Waals surface area contributed by atoms with Crippen molar-refractivity contribution >= 4 is 5.97 Å². The average Bonchev–Trinajstić information content (AvgIpc) is 2.69. The van der Waals surface area contributed by atoms with Crippen molar-refractivity contribution in [3.8, 4) is 28.4 Å². The Morgan fingerprint density at radius 2 is 1.69 bits per heavy atom. The van der Waals surface area contributed by atoms with Crippen molar-refractivity contribution in [1.82, 2.24) is 9.78 Å². The van der Waals surface area contributed by atoms with Crippen LogP contribution in [0.3, 0.4) is 0 Å². The maximum Gasteiger partial charge on any atom is 0.360 e. The summed E-state index contributed by atoms with van der Waals surface area (Å²) in [6.45, 7) is 1.35. The molecule has 0 aliphatic heterocycles. The first-order chi connectivity index (χ1) is 13.8. The van der Waals surface area contributed by atoms with E-state index in [1.54, 1.807) is 6.07 Å². The van der Waals surface area contributed by atoms with Crippen molar-refractivity contribution < 1.29 is 28.2 Å². The molecule has 0 atom stereocenters. The maximum atomic E-state index is 14.5. The zero-order valence-corrected chi connectivity index (χ0v) is 15.7. The lowest BCUT2D eigenvalue weighted by atomic mass is 10.0. The van der Waals surface area contributed by atoms with Crippen LogP contribution in [0.2, 0.25) is 0 Å². The number of carboxylic acid groups (broad SMARTS) is 1. The first kappa shape index (κ1) is 20.0. The molecule has 1 aromatic heterocycles. The van der Waals surface area contributed by atoms with Gasteiger partial charge in [0.1, 0.15) is 23.1 Å². The number of aromatic carboxylic acids is 1.